The molecule has 3 heteroatoms. The van der Waals surface area contributed by atoms with Crippen LogP contribution in [0, 0.1) is 18.8 Å². The molecule has 0 amide bonds. The molecule has 2 aliphatic carbocycles. The van der Waals surface area contributed by atoms with Crippen LogP contribution in [-0.2, 0) is 6.42 Å². The Hall–Kier alpha value is -1.12. The summed E-state index contributed by atoms with van der Waals surface area (Å²) in [6, 6.07) is 0. The zero-order chi connectivity index (χ0) is 12.0. The van der Waals surface area contributed by atoms with E-state index in [1.165, 1.54) is 25.7 Å². The molecule has 3 atom stereocenters. The lowest BCUT2D eigenvalue weighted by Crippen LogP contribution is -2.15. The quantitative estimate of drug-likeness (QED) is 0.851. The summed E-state index contributed by atoms with van der Waals surface area (Å²) in [5.74, 6) is 4.06. The molecule has 3 unspecified atom stereocenters. The Morgan fingerprint density at radius 1 is 1.24 bits per heavy atom. The molecule has 3 rings (SSSR count). The molecule has 2 N–H and O–H groups in total. The van der Waals surface area contributed by atoms with Gasteiger partial charge in [-0.1, -0.05) is 13.3 Å². The van der Waals surface area contributed by atoms with E-state index in [2.05, 4.69) is 18.8 Å². The largest absolute Gasteiger partial charge is 0.383 e. The molecule has 1 heterocycles. The van der Waals surface area contributed by atoms with Crippen molar-refractivity contribution in [3.8, 4) is 0 Å². The first-order valence-corrected chi connectivity index (χ1v) is 6.82. The molecule has 0 radical (unpaired) electrons. The molecule has 0 aromatic carbocycles. The summed E-state index contributed by atoms with van der Waals surface area (Å²) < 4.78 is 0. The van der Waals surface area contributed by atoms with E-state index in [0.29, 0.717) is 11.7 Å². The van der Waals surface area contributed by atoms with Crippen molar-refractivity contribution in [2.75, 3.05) is 5.73 Å². The average Bonchev–Trinajstić information content (AvgIpc) is 2.90. The number of rotatable bonds is 2. The van der Waals surface area contributed by atoms with Crippen molar-refractivity contribution in [3.05, 3.63) is 17.1 Å². The topological polar surface area (TPSA) is 51.8 Å². The average molecular weight is 231 g/mol. The van der Waals surface area contributed by atoms with Gasteiger partial charge in [0.15, 0.2) is 0 Å². The van der Waals surface area contributed by atoms with Crippen LogP contribution in [0.2, 0.25) is 0 Å². The van der Waals surface area contributed by atoms with Gasteiger partial charge >= 0.3 is 0 Å². The summed E-state index contributed by atoms with van der Waals surface area (Å²) in [5, 5.41) is 0. The van der Waals surface area contributed by atoms with E-state index >= 15 is 0 Å². The fraction of sp³-hybridized carbons (Fsp3) is 0.714. The Morgan fingerprint density at radius 2 is 2.06 bits per heavy atom. The molecular weight excluding hydrogens is 210 g/mol. The number of nitrogens with two attached hydrogens (primary N) is 1. The molecule has 17 heavy (non-hydrogen) atoms. The van der Waals surface area contributed by atoms with Gasteiger partial charge < -0.3 is 5.73 Å². The van der Waals surface area contributed by atoms with Crippen molar-refractivity contribution in [3.63, 3.8) is 0 Å². The molecule has 2 aliphatic rings. The Morgan fingerprint density at radius 3 is 2.59 bits per heavy atom. The van der Waals surface area contributed by atoms with Crippen molar-refractivity contribution in [1.82, 2.24) is 9.97 Å². The molecule has 1 aromatic rings. The third-order valence-electron chi connectivity index (χ3n) is 4.69. The summed E-state index contributed by atoms with van der Waals surface area (Å²) in [6.45, 7) is 4.17. The Bertz CT molecular complexity index is 418. The molecule has 92 valence electrons. The van der Waals surface area contributed by atoms with E-state index in [9.17, 15) is 0 Å². The van der Waals surface area contributed by atoms with Gasteiger partial charge in [0, 0.05) is 17.2 Å². The van der Waals surface area contributed by atoms with Crippen LogP contribution in [0.25, 0.3) is 0 Å². The van der Waals surface area contributed by atoms with Gasteiger partial charge in [0.1, 0.15) is 11.6 Å². The Kier molecular flexibility index (Phi) is 2.57. The second kappa shape index (κ2) is 3.97. The highest BCUT2D eigenvalue weighted by atomic mass is 15.0. The first-order valence-electron chi connectivity index (χ1n) is 6.82. The molecule has 0 spiro atoms. The van der Waals surface area contributed by atoms with Gasteiger partial charge in [-0.3, -0.25) is 0 Å². The minimum atomic E-state index is 0.584. The number of aryl methyl sites for hydroxylation is 1. The molecule has 0 aliphatic heterocycles. The minimum absolute atomic E-state index is 0.584. The lowest BCUT2D eigenvalue weighted by Gasteiger charge is -2.21. The fourth-order valence-corrected chi connectivity index (χ4v) is 3.80. The standard InChI is InChI=1S/C14H21N3/c1-3-11-8(2)16-14(17-13(11)15)12-7-9-4-5-10(12)6-9/h9-10,12H,3-7H2,1-2H3,(H2,15,16,17). The van der Waals surface area contributed by atoms with E-state index in [0.717, 1.165) is 35.3 Å². The highest BCUT2D eigenvalue weighted by molar-refractivity contribution is 5.42. The van der Waals surface area contributed by atoms with Crippen LogP contribution >= 0.6 is 0 Å². The van der Waals surface area contributed by atoms with Gasteiger partial charge in [0.2, 0.25) is 0 Å². The first kappa shape index (κ1) is 11.0. The smallest absolute Gasteiger partial charge is 0.134 e. The van der Waals surface area contributed by atoms with Gasteiger partial charge in [-0.05, 0) is 44.4 Å². The highest BCUT2D eigenvalue weighted by Crippen LogP contribution is 2.52. The van der Waals surface area contributed by atoms with Crippen LogP contribution < -0.4 is 5.73 Å². The fourth-order valence-electron chi connectivity index (χ4n) is 3.80. The van der Waals surface area contributed by atoms with Gasteiger partial charge in [-0.25, -0.2) is 9.97 Å². The minimum Gasteiger partial charge on any atom is -0.383 e. The predicted octanol–water partition coefficient (Wildman–Crippen LogP) is 2.83. The number of aromatic nitrogens is 2. The second-order valence-corrected chi connectivity index (χ2v) is 5.67. The highest BCUT2D eigenvalue weighted by Gasteiger charge is 2.41. The summed E-state index contributed by atoms with van der Waals surface area (Å²) in [7, 11) is 0. The van der Waals surface area contributed by atoms with Crippen LogP contribution in [-0.4, -0.2) is 9.97 Å². The molecular formula is C14H21N3. The van der Waals surface area contributed by atoms with Gasteiger partial charge in [-0.2, -0.15) is 0 Å². The summed E-state index contributed by atoms with van der Waals surface area (Å²) >= 11 is 0. The summed E-state index contributed by atoms with van der Waals surface area (Å²) in [4.78, 5) is 9.29. The van der Waals surface area contributed by atoms with Crippen LogP contribution in [0.3, 0.4) is 0 Å². The van der Waals surface area contributed by atoms with Gasteiger partial charge in [-0.15, -0.1) is 0 Å². The van der Waals surface area contributed by atoms with Crippen molar-refractivity contribution >= 4 is 5.82 Å². The van der Waals surface area contributed by atoms with Gasteiger partial charge in [0.05, 0.1) is 0 Å². The van der Waals surface area contributed by atoms with Crippen LogP contribution in [0.4, 0.5) is 5.82 Å². The van der Waals surface area contributed by atoms with Crippen molar-refractivity contribution in [2.24, 2.45) is 11.8 Å². The molecule has 3 nitrogen and oxygen atoms in total. The summed E-state index contributed by atoms with van der Waals surface area (Å²) in [6.07, 6.45) is 6.39. The first-order chi connectivity index (χ1) is 8.19. The Balaban J connectivity index is 1.94. The third-order valence-corrected chi connectivity index (χ3v) is 4.69. The van der Waals surface area contributed by atoms with Crippen LogP contribution in [0.15, 0.2) is 0 Å². The van der Waals surface area contributed by atoms with E-state index < -0.39 is 0 Å². The van der Waals surface area contributed by atoms with E-state index in [4.69, 9.17) is 10.7 Å². The maximum absolute atomic E-state index is 6.05. The molecule has 2 bridgehead atoms. The van der Waals surface area contributed by atoms with Crippen molar-refractivity contribution in [1.29, 1.82) is 0 Å². The lowest BCUT2D eigenvalue weighted by molar-refractivity contribution is 0.405. The summed E-state index contributed by atoms with van der Waals surface area (Å²) in [5.41, 5.74) is 8.25. The number of hydrogen-bond acceptors (Lipinski definition) is 3. The zero-order valence-corrected chi connectivity index (χ0v) is 10.7. The number of nitrogen functional groups attached to an aromatic ring is 1. The zero-order valence-electron chi connectivity index (χ0n) is 10.7. The number of hydrogen-bond donors (Lipinski definition) is 1. The van der Waals surface area contributed by atoms with E-state index in [1.807, 2.05) is 0 Å². The number of nitrogens with zero attached hydrogens (tertiary/aromatic N) is 2. The van der Waals surface area contributed by atoms with Gasteiger partial charge in [0.25, 0.3) is 0 Å². The maximum Gasteiger partial charge on any atom is 0.134 e. The third kappa shape index (κ3) is 1.72. The number of fused-ring (bicyclic) bond motifs is 2. The molecule has 1 aromatic heterocycles. The second-order valence-electron chi connectivity index (χ2n) is 5.67. The van der Waals surface area contributed by atoms with E-state index in [-0.39, 0.29) is 0 Å². The van der Waals surface area contributed by atoms with Crippen molar-refractivity contribution < 1.29 is 0 Å². The number of anilines is 1. The van der Waals surface area contributed by atoms with E-state index in [1.54, 1.807) is 0 Å². The van der Waals surface area contributed by atoms with Crippen molar-refractivity contribution in [2.45, 2.75) is 51.9 Å². The Labute approximate surface area is 103 Å². The van der Waals surface area contributed by atoms with Crippen LogP contribution in [0.5, 0.6) is 0 Å². The normalized spacial score (nSPS) is 31.1. The lowest BCUT2D eigenvalue weighted by atomic mass is 9.88. The SMILES string of the molecule is CCc1c(C)nc(C2CC3CCC2C3)nc1N. The molecule has 0 saturated heterocycles. The molecule has 2 saturated carbocycles. The van der Waals surface area contributed by atoms with Crippen LogP contribution in [0.1, 0.15) is 55.6 Å². The monoisotopic (exact) mass is 231 g/mol. The maximum atomic E-state index is 6.05. The molecule has 2 fully saturated rings. The predicted molar refractivity (Wildman–Crippen MR) is 68.7 cm³/mol.